The van der Waals surface area contributed by atoms with E-state index in [1.807, 2.05) is 68.4 Å². The predicted octanol–water partition coefficient (Wildman–Crippen LogP) is 3.23. The van der Waals surface area contributed by atoms with Crippen molar-refractivity contribution in [2.75, 3.05) is 5.01 Å². The van der Waals surface area contributed by atoms with Crippen LogP contribution in [0.4, 0.5) is 5.69 Å². The summed E-state index contributed by atoms with van der Waals surface area (Å²) in [4.78, 5) is 12.8. The molecule has 1 amide bonds. The Morgan fingerprint density at radius 2 is 1.73 bits per heavy atom. The van der Waals surface area contributed by atoms with Crippen molar-refractivity contribution in [3.63, 3.8) is 0 Å². The molecule has 110 valence electrons. The van der Waals surface area contributed by atoms with E-state index in [-0.39, 0.29) is 12.0 Å². The van der Waals surface area contributed by atoms with Crippen LogP contribution in [0.15, 0.2) is 59.7 Å². The molecule has 1 spiro atoms. The van der Waals surface area contributed by atoms with Gasteiger partial charge in [-0.05, 0) is 31.5 Å². The molecule has 2 heterocycles. The summed E-state index contributed by atoms with van der Waals surface area (Å²) in [5.41, 5.74) is 2.77. The fourth-order valence-electron chi connectivity index (χ4n) is 2.96. The number of anilines is 1. The number of carbonyl (C=O) groups excluding carboxylic acids is 1. The second-order valence-corrected chi connectivity index (χ2v) is 5.78. The van der Waals surface area contributed by atoms with Gasteiger partial charge in [0.1, 0.15) is 6.10 Å². The van der Waals surface area contributed by atoms with Crippen molar-refractivity contribution in [1.29, 1.82) is 0 Å². The van der Waals surface area contributed by atoms with Crippen LogP contribution in [-0.2, 0) is 9.53 Å². The van der Waals surface area contributed by atoms with E-state index >= 15 is 0 Å². The number of carbonyl (C=O) groups is 1. The molecule has 0 unspecified atom stereocenters. The lowest BCUT2D eigenvalue weighted by Gasteiger charge is -2.12. The first-order chi connectivity index (χ1) is 10.6. The SMILES string of the molecule is CC1=NN(c2ccccc2)C(=O)[C@]12O[C@@H]2c1ccc(C)cc1. The van der Waals surface area contributed by atoms with Crippen LogP contribution in [0.2, 0.25) is 0 Å². The average molecular weight is 292 g/mol. The van der Waals surface area contributed by atoms with Crippen molar-refractivity contribution in [2.45, 2.75) is 25.6 Å². The Hall–Kier alpha value is -2.46. The van der Waals surface area contributed by atoms with Gasteiger partial charge in [0.25, 0.3) is 5.91 Å². The summed E-state index contributed by atoms with van der Waals surface area (Å²) in [6.07, 6.45) is -0.238. The van der Waals surface area contributed by atoms with E-state index in [0.29, 0.717) is 5.71 Å². The Morgan fingerprint density at radius 1 is 1.05 bits per heavy atom. The molecule has 0 radical (unpaired) electrons. The Balaban J connectivity index is 1.67. The fraction of sp³-hybridized carbons (Fsp3) is 0.222. The van der Waals surface area contributed by atoms with Gasteiger partial charge in [0.05, 0.1) is 11.4 Å². The number of hydrogen-bond donors (Lipinski definition) is 0. The van der Waals surface area contributed by atoms with Crippen molar-refractivity contribution in [1.82, 2.24) is 0 Å². The van der Waals surface area contributed by atoms with Gasteiger partial charge in [-0.25, -0.2) is 0 Å². The molecule has 4 nitrogen and oxygen atoms in total. The first-order valence-electron chi connectivity index (χ1n) is 7.32. The molecule has 2 aromatic carbocycles. The molecule has 4 rings (SSSR count). The summed E-state index contributed by atoms with van der Waals surface area (Å²) in [7, 11) is 0. The molecular formula is C18H16N2O2. The first-order valence-corrected chi connectivity index (χ1v) is 7.32. The summed E-state index contributed by atoms with van der Waals surface area (Å²) in [5.74, 6) is -0.109. The number of benzene rings is 2. The standard InChI is InChI=1S/C18H16N2O2/c1-12-8-10-14(11-9-12)16-18(22-16)13(2)19-20(17(18)21)15-6-4-3-5-7-15/h3-11,16H,1-2H3/t16-,18+/m1/s1. The van der Waals surface area contributed by atoms with Crippen LogP contribution < -0.4 is 5.01 Å². The summed E-state index contributed by atoms with van der Waals surface area (Å²) < 4.78 is 5.85. The van der Waals surface area contributed by atoms with Crippen LogP contribution in [-0.4, -0.2) is 17.2 Å². The van der Waals surface area contributed by atoms with Crippen LogP contribution in [0, 0.1) is 6.92 Å². The Morgan fingerprint density at radius 3 is 2.41 bits per heavy atom. The van der Waals surface area contributed by atoms with E-state index in [1.54, 1.807) is 0 Å². The molecule has 0 aliphatic carbocycles. The van der Waals surface area contributed by atoms with E-state index < -0.39 is 5.60 Å². The van der Waals surface area contributed by atoms with Gasteiger partial charge in [-0.3, -0.25) is 4.79 Å². The van der Waals surface area contributed by atoms with Gasteiger partial charge < -0.3 is 4.74 Å². The fourth-order valence-corrected chi connectivity index (χ4v) is 2.96. The lowest BCUT2D eigenvalue weighted by atomic mass is 9.94. The molecule has 0 saturated carbocycles. The molecule has 2 aromatic rings. The summed E-state index contributed by atoms with van der Waals surface area (Å²) in [6.45, 7) is 3.90. The molecule has 4 heteroatoms. The highest BCUT2D eigenvalue weighted by atomic mass is 16.6. The minimum absolute atomic E-state index is 0.109. The van der Waals surface area contributed by atoms with Gasteiger partial charge in [-0.15, -0.1) is 0 Å². The van der Waals surface area contributed by atoms with Crippen molar-refractivity contribution in [3.8, 4) is 0 Å². The van der Waals surface area contributed by atoms with Crippen LogP contribution in [0.3, 0.4) is 0 Å². The average Bonchev–Trinajstić information content (AvgIpc) is 3.25. The summed E-state index contributed by atoms with van der Waals surface area (Å²) in [5, 5.41) is 5.87. The number of nitrogens with zero attached hydrogens (tertiary/aromatic N) is 2. The minimum Gasteiger partial charge on any atom is -0.344 e. The first kappa shape index (κ1) is 13.2. The molecule has 1 fully saturated rings. The highest BCUT2D eigenvalue weighted by Gasteiger charge is 2.69. The number of epoxide rings is 1. The van der Waals surface area contributed by atoms with Crippen molar-refractivity contribution < 1.29 is 9.53 Å². The number of hydrazone groups is 1. The zero-order valence-corrected chi connectivity index (χ0v) is 12.5. The van der Waals surface area contributed by atoms with Gasteiger partial charge in [0, 0.05) is 0 Å². The van der Waals surface area contributed by atoms with Gasteiger partial charge in [-0.1, -0.05) is 48.0 Å². The predicted molar refractivity (Wildman–Crippen MR) is 84.8 cm³/mol. The Labute approximate surface area is 129 Å². The number of para-hydroxylation sites is 1. The molecule has 2 atom stereocenters. The van der Waals surface area contributed by atoms with Crippen molar-refractivity contribution in [2.24, 2.45) is 5.10 Å². The smallest absolute Gasteiger partial charge is 0.288 e. The minimum atomic E-state index is -0.912. The maximum Gasteiger partial charge on any atom is 0.288 e. The Kier molecular flexibility index (Phi) is 2.71. The quantitative estimate of drug-likeness (QED) is 0.798. The summed E-state index contributed by atoms with van der Waals surface area (Å²) >= 11 is 0. The van der Waals surface area contributed by atoms with E-state index in [0.717, 1.165) is 11.3 Å². The van der Waals surface area contributed by atoms with Gasteiger partial charge >= 0.3 is 0 Å². The number of hydrogen-bond acceptors (Lipinski definition) is 3. The van der Waals surface area contributed by atoms with Crippen LogP contribution in [0.1, 0.15) is 24.2 Å². The molecule has 2 aliphatic rings. The van der Waals surface area contributed by atoms with E-state index in [1.165, 1.54) is 10.6 Å². The number of amides is 1. The van der Waals surface area contributed by atoms with Gasteiger partial charge in [0.15, 0.2) is 0 Å². The lowest BCUT2D eigenvalue weighted by molar-refractivity contribution is -0.120. The topological polar surface area (TPSA) is 45.2 Å². The van der Waals surface area contributed by atoms with Crippen LogP contribution in [0.5, 0.6) is 0 Å². The monoisotopic (exact) mass is 292 g/mol. The summed E-state index contributed by atoms with van der Waals surface area (Å²) in [6, 6.07) is 17.5. The highest BCUT2D eigenvalue weighted by Crippen LogP contribution is 2.54. The van der Waals surface area contributed by atoms with E-state index in [4.69, 9.17) is 4.74 Å². The van der Waals surface area contributed by atoms with Gasteiger partial charge in [0.2, 0.25) is 5.60 Å². The third-order valence-corrected chi connectivity index (χ3v) is 4.29. The normalized spacial score (nSPS) is 26.5. The van der Waals surface area contributed by atoms with Crippen molar-refractivity contribution >= 4 is 17.3 Å². The van der Waals surface area contributed by atoms with E-state index in [2.05, 4.69) is 5.10 Å². The molecule has 22 heavy (non-hydrogen) atoms. The highest BCUT2D eigenvalue weighted by molar-refractivity contribution is 6.24. The lowest BCUT2D eigenvalue weighted by Crippen LogP contribution is -2.35. The molecular weight excluding hydrogens is 276 g/mol. The van der Waals surface area contributed by atoms with E-state index in [9.17, 15) is 4.79 Å². The second kappa shape index (κ2) is 4.52. The Bertz CT molecular complexity index is 767. The zero-order chi connectivity index (χ0) is 15.3. The largest absolute Gasteiger partial charge is 0.344 e. The third kappa shape index (κ3) is 1.74. The zero-order valence-electron chi connectivity index (χ0n) is 12.5. The number of aryl methyl sites for hydroxylation is 1. The van der Waals surface area contributed by atoms with Gasteiger partial charge in [-0.2, -0.15) is 10.1 Å². The molecule has 2 aliphatic heterocycles. The molecule has 0 aromatic heterocycles. The number of rotatable bonds is 2. The maximum atomic E-state index is 12.8. The number of ether oxygens (including phenoxy) is 1. The maximum absolute atomic E-state index is 12.8. The molecule has 0 bridgehead atoms. The molecule has 0 N–H and O–H groups in total. The second-order valence-electron chi connectivity index (χ2n) is 5.78. The van der Waals surface area contributed by atoms with Crippen LogP contribution in [0.25, 0.3) is 0 Å². The third-order valence-electron chi connectivity index (χ3n) is 4.29. The van der Waals surface area contributed by atoms with Crippen LogP contribution >= 0.6 is 0 Å². The van der Waals surface area contributed by atoms with Crippen molar-refractivity contribution in [3.05, 3.63) is 65.7 Å². The molecule has 1 saturated heterocycles.